The molecule has 0 bridgehead atoms. The zero-order valence-electron chi connectivity index (χ0n) is 8.86. The Morgan fingerprint density at radius 1 is 1.53 bits per heavy atom. The molecule has 0 aromatic carbocycles. The third-order valence-electron chi connectivity index (χ3n) is 2.31. The number of hydrogen-bond donors (Lipinski definition) is 1. The van der Waals surface area contributed by atoms with Crippen molar-refractivity contribution in [3.63, 3.8) is 0 Å². The van der Waals surface area contributed by atoms with E-state index in [0.717, 1.165) is 16.5 Å². The summed E-state index contributed by atoms with van der Waals surface area (Å²) in [6.45, 7) is 4.68. The molecule has 80 valence electrons. The van der Waals surface area contributed by atoms with Gasteiger partial charge in [-0.15, -0.1) is 11.3 Å². The van der Waals surface area contributed by atoms with Crippen LogP contribution in [0.2, 0.25) is 0 Å². The zero-order chi connectivity index (χ0) is 10.8. The van der Waals surface area contributed by atoms with Crippen molar-refractivity contribution in [3.05, 3.63) is 29.0 Å². The van der Waals surface area contributed by atoms with Gasteiger partial charge in [0.05, 0.1) is 0 Å². The lowest BCUT2D eigenvalue weighted by molar-refractivity contribution is 0.548. The van der Waals surface area contributed by atoms with E-state index in [0.29, 0.717) is 12.5 Å². The minimum atomic E-state index is 0.368. The Kier molecular flexibility index (Phi) is 2.88. The Morgan fingerprint density at radius 2 is 2.33 bits per heavy atom. The molecule has 0 aliphatic heterocycles. The topological polar surface area (TPSA) is 52.0 Å². The average Bonchev–Trinajstić information content (AvgIpc) is 2.84. The molecule has 3 nitrogen and oxygen atoms in total. The number of nitrogens with two attached hydrogens (primary N) is 1. The van der Waals surface area contributed by atoms with Crippen LogP contribution >= 0.6 is 11.3 Å². The monoisotopic (exact) mass is 222 g/mol. The SMILES string of the molecule is Cc1ccc(-c2ncc(C(C)CN)s2)o1. The van der Waals surface area contributed by atoms with Gasteiger partial charge in [-0.3, -0.25) is 0 Å². The van der Waals surface area contributed by atoms with Crippen LogP contribution in [0, 0.1) is 6.92 Å². The normalized spacial score (nSPS) is 13.0. The maximum atomic E-state index is 5.61. The van der Waals surface area contributed by atoms with Crippen molar-refractivity contribution in [1.82, 2.24) is 4.98 Å². The lowest BCUT2D eigenvalue weighted by Crippen LogP contribution is -2.07. The summed E-state index contributed by atoms with van der Waals surface area (Å²) in [4.78, 5) is 5.55. The molecule has 0 saturated heterocycles. The van der Waals surface area contributed by atoms with Crippen molar-refractivity contribution in [3.8, 4) is 10.8 Å². The van der Waals surface area contributed by atoms with Gasteiger partial charge in [0.15, 0.2) is 10.8 Å². The van der Waals surface area contributed by atoms with Crippen LogP contribution in [0.25, 0.3) is 10.8 Å². The van der Waals surface area contributed by atoms with Crippen molar-refractivity contribution >= 4 is 11.3 Å². The van der Waals surface area contributed by atoms with Gasteiger partial charge in [0.1, 0.15) is 5.76 Å². The van der Waals surface area contributed by atoms with Crippen LogP contribution in [0.15, 0.2) is 22.7 Å². The maximum Gasteiger partial charge on any atom is 0.162 e. The molecule has 1 unspecified atom stereocenters. The molecular formula is C11H14N2OS. The zero-order valence-corrected chi connectivity index (χ0v) is 9.67. The third kappa shape index (κ3) is 2.11. The van der Waals surface area contributed by atoms with E-state index in [9.17, 15) is 0 Å². The molecule has 0 aliphatic rings. The highest BCUT2D eigenvalue weighted by Gasteiger charge is 2.11. The Morgan fingerprint density at radius 3 is 2.93 bits per heavy atom. The highest BCUT2D eigenvalue weighted by Crippen LogP contribution is 2.30. The van der Waals surface area contributed by atoms with Gasteiger partial charge in [-0.05, 0) is 25.6 Å². The van der Waals surface area contributed by atoms with Crippen LogP contribution in [0.4, 0.5) is 0 Å². The summed E-state index contributed by atoms with van der Waals surface area (Å²) < 4.78 is 5.51. The Hall–Kier alpha value is -1.13. The second-order valence-corrected chi connectivity index (χ2v) is 4.68. The minimum absolute atomic E-state index is 0.368. The number of rotatable bonds is 3. The Balaban J connectivity index is 2.27. The number of thiazole rings is 1. The summed E-state index contributed by atoms with van der Waals surface area (Å²) in [6, 6.07) is 3.90. The predicted octanol–water partition coefficient (Wildman–Crippen LogP) is 2.77. The van der Waals surface area contributed by atoms with E-state index in [-0.39, 0.29) is 0 Å². The van der Waals surface area contributed by atoms with Gasteiger partial charge in [-0.1, -0.05) is 6.92 Å². The molecule has 15 heavy (non-hydrogen) atoms. The van der Waals surface area contributed by atoms with Crippen molar-refractivity contribution in [1.29, 1.82) is 0 Å². The van der Waals surface area contributed by atoms with Crippen molar-refractivity contribution in [2.24, 2.45) is 5.73 Å². The fourth-order valence-electron chi connectivity index (χ4n) is 1.29. The number of furan rings is 1. The van der Waals surface area contributed by atoms with Gasteiger partial charge in [0.25, 0.3) is 0 Å². The summed E-state index contributed by atoms with van der Waals surface area (Å²) in [5.41, 5.74) is 5.61. The van der Waals surface area contributed by atoms with E-state index in [1.54, 1.807) is 11.3 Å². The molecule has 0 spiro atoms. The number of aryl methyl sites for hydroxylation is 1. The van der Waals surface area contributed by atoms with Crippen LogP contribution in [0.1, 0.15) is 23.5 Å². The molecular weight excluding hydrogens is 208 g/mol. The second kappa shape index (κ2) is 4.16. The lowest BCUT2D eigenvalue weighted by atomic mass is 10.2. The standard InChI is InChI=1S/C11H14N2OS/c1-7(5-12)10-6-13-11(15-10)9-4-3-8(2)14-9/h3-4,6-7H,5,12H2,1-2H3. The largest absolute Gasteiger partial charge is 0.459 e. The summed E-state index contributed by atoms with van der Waals surface area (Å²) in [5, 5.41) is 0.929. The first-order chi connectivity index (χ1) is 7.20. The molecule has 4 heteroatoms. The van der Waals surface area contributed by atoms with E-state index in [1.165, 1.54) is 4.88 Å². The first-order valence-electron chi connectivity index (χ1n) is 4.93. The fourth-order valence-corrected chi connectivity index (χ4v) is 2.24. The van der Waals surface area contributed by atoms with Gasteiger partial charge >= 0.3 is 0 Å². The highest BCUT2D eigenvalue weighted by molar-refractivity contribution is 7.15. The molecule has 0 saturated carbocycles. The molecule has 0 radical (unpaired) electrons. The molecule has 0 fully saturated rings. The van der Waals surface area contributed by atoms with Crippen LogP contribution in [0.3, 0.4) is 0 Å². The van der Waals surface area contributed by atoms with Crippen LogP contribution in [-0.2, 0) is 0 Å². The van der Waals surface area contributed by atoms with Gasteiger partial charge in [0.2, 0.25) is 0 Å². The predicted molar refractivity (Wildman–Crippen MR) is 62.0 cm³/mol. The lowest BCUT2D eigenvalue weighted by Gasteiger charge is -2.01. The van der Waals surface area contributed by atoms with Crippen LogP contribution < -0.4 is 5.73 Å². The molecule has 2 rings (SSSR count). The minimum Gasteiger partial charge on any atom is -0.459 e. The van der Waals surface area contributed by atoms with Gasteiger partial charge in [-0.2, -0.15) is 0 Å². The Bertz CT molecular complexity index is 447. The van der Waals surface area contributed by atoms with Crippen molar-refractivity contribution in [2.45, 2.75) is 19.8 Å². The van der Waals surface area contributed by atoms with E-state index in [1.807, 2.05) is 25.3 Å². The van der Waals surface area contributed by atoms with Gasteiger partial charge in [0, 0.05) is 17.0 Å². The molecule has 2 aromatic rings. The van der Waals surface area contributed by atoms with Gasteiger partial charge < -0.3 is 10.2 Å². The molecule has 1 atom stereocenters. The average molecular weight is 222 g/mol. The fraction of sp³-hybridized carbons (Fsp3) is 0.364. The summed E-state index contributed by atoms with van der Waals surface area (Å²) in [5.74, 6) is 2.12. The van der Waals surface area contributed by atoms with Crippen LogP contribution in [-0.4, -0.2) is 11.5 Å². The Labute approximate surface area is 92.9 Å². The molecule has 2 N–H and O–H groups in total. The molecule has 2 aromatic heterocycles. The van der Waals surface area contributed by atoms with Crippen LogP contribution in [0.5, 0.6) is 0 Å². The van der Waals surface area contributed by atoms with E-state index in [4.69, 9.17) is 10.2 Å². The highest BCUT2D eigenvalue weighted by atomic mass is 32.1. The van der Waals surface area contributed by atoms with E-state index in [2.05, 4.69) is 11.9 Å². The first-order valence-corrected chi connectivity index (χ1v) is 5.75. The number of nitrogens with zero attached hydrogens (tertiary/aromatic N) is 1. The maximum absolute atomic E-state index is 5.61. The van der Waals surface area contributed by atoms with Crippen molar-refractivity contribution < 1.29 is 4.42 Å². The van der Waals surface area contributed by atoms with Gasteiger partial charge in [-0.25, -0.2) is 4.98 Å². The summed E-state index contributed by atoms with van der Waals surface area (Å²) in [6.07, 6.45) is 1.88. The van der Waals surface area contributed by atoms with E-state index < -0.39 is 0 Å². The summed E-state index contributed by atoms with van der Waals surface area (Å²) in [7, 11) is 0. The first kappa shape index (κ1) is 10.4. The molecule has 0 aliphatic carbocycles. The third-order valence-corrected chi connectivity index (χ3v) is 3.56. The quantitative estimate of drug-likeness (QED) is 0.868. The number of hydrogen-bond acceptors (Lipinski definition) is 4. The van der Waals surface area contributed by atoms with E-state index >= 15 is 0 Å². The second-order valence-electron chi connectivity index (χ2n) is 3.61. The number of aromatic nitrogens is 1. The molecule has 2 heterocycles. The van der Waals surface area contributed by atoms with Crippen molar-refractivity contribution in [2.75, 3.05) is 6.54 Å². The smallest absolute Gasteiger partial charge is 0.162 e. The molecule has 0 amide bonds. The summed E-state index contributed by atoms with van der Waals surface area (Å²) >= 11 is 1.65.